The Balaban J connectivity index is 1.49. The van der Waals surface area contributed by atoms with E-state index >= 15 is 0 Å². The van der Waals surface area contributed by atoms with Gasteiger partial charge in [0.15, 0.2) is 11.5 Å². The molecule has 4 rings (SSSR count). The van der Waals surface area contributed by atoms with Crippen LogP contribution in [-0.4, -0.2) is 35.6 Å². The Kier molecular flexibility index (Phi) is 7.66. The number of nitrogens with zero attached hydrogens (tertiary/aromatic N) is 1. The summed E-state index contributed by atoms with van der Waals surface area (Å²) >= 11 is 12.8. The van der Waals surface area contributed by atoms with Crippen LogP contribution in [0.15, 0.2) is 36.4 Å². The van der Waals surface area contributed by atoms with Gasteiger partial charge < -0.3 is 19.7 Å². The van der Waals surface area contributed by atoms with Gasteiger partial charge in [-0.05, 0) is 56.0 Å². The number of benzene rings is 2. The van der Waals surface area contributed by atoms with Crippen LogP contribution < -0.4 is 14.8 Å². The monoisotopic (exact) mass is 490 g/mol. The molecule has 0 bridgehead atoms. The van der Waals surface area contributed by atoms with Crippen molar-refractivity contribution in [2.24, 2.45) is 0 Å². The average molecular weight is 491 g/mol. The van der Waals surface area contributed by atoms with Gasteiger partial charge in [-0.25, -0.2) is 0 Å². The first-order chi connectivity index (χ1) is 15.9. The van der Waals surface area contributed by atoms with Crippen molar-refractivity contribution in [1.29, 1.82) is 0 Å². The van der Waals surface area contributed by atoms with E-state index in [2.05, 4.69) is 5.32 Å². The Morgan fingerprint density at radius 3 is 2.52 bits per heavy atom. The number of halogens is 2. The minimum atomic E-state index is -0.651. The quantitative estimate of drug-likeness (QED) is 0.556. The zero-order chi connectivity index (χ0) is 23.4. The van der Waals surface area contributed by atoms with Crippen molar-refractivity contribution in [2.45, 2.75) is 64.1 Å². The Bertz CT molecular complexity index is 1000. The fraction of sp³-hybridized carbons (Fsp3) is 0.440. The third kappa shape index (κ3) is 5.74. The highest BCUT2D eigenvalue weighted by Gasteiger charge is 2.29. The van der Waals surface area contributed by atoms with E-state index in [-0.39, 0.29) is 37.6 Å². The van der Waals surface area contributed by atoms with E-state index in [0.29, 0.717) is 33.5 Å². The summed E-state index contributed by atoms with van der Waals surface area (Å²) in [4.78, 5) is 27.9. The molecule has 1 N–H and O–H groups in total. The largest absolute Gasteiger partial charge is 0.454 e. The minimum Gasteiger partial charge on any atom is -0.454 e. The molecule has 6 nitrogen and oxygen atoms in total. The lowest BCUT2D eigenvalue weighted by molar-refractivity contribution is -0.140. The lowest BCUT2D eigenvalue weighted by Crippen LogP contribution is -2.49. The van der Waals surface area contributed by atoms with Crippen LogP contribution in [0.1, 0.15) is 50.2 Å². The van der Waals surface area contributed by atoms with Crippen LogP contribution >= 0.6 is 23.2 Å². The zero-order valence-corrected chi connectivity index (χ0v) is 20.1. The minimum absolute atomic E-state index is 0.141. The molecule has 0 saturated heterocycles. The molecule has 0 aromatic heterocycles. The number of amides is 2. The summed E-state index contributed by atoms with van der Waals surface area (Å²) in [5, 5.41) is 4.05. The molecular formula is C25H28Cl2N2O4. The second-order valence-electron chi connectivity index (χ2n) is 8.58. The van der Waals surface area contributed by atoms with Gasteiger partial charge in [-0.1, -0.05) is 48.2 Å². The smallest absolute Gasteiger partial charge is 0.242 e. The number of ether oxygens (including phenoxy) is 2. The molecule has 1 unspecified atom stereocenters. The maximum atomic E-state index is 13.4. The lowest BCUT2D eigenvalue weighted by Gasteiger charge is -2.30. The van der Waals surface area contributed by atoms with E-state index in [1.54, 1.807) is 30.0 Å². The topological polar surface area (TPSA) is 67.9 Å². The van der Waals surface area contributed by atoms with Crippen LogP contribution in [-0.2, 0) is 22.6 Å². The molecular weight excluding hydrogens is 463 g/mol. The summed E-state index contributed by atoms with van der Waals surface area (Å²) in [6.07, 6.45) is 4.95. The maximum absolute atomic E-state index is 13.4. The maximum Gasteiger partial charge on any atom is 0.242 e. The molecule has 1 heterocycles. The lowest BCUT2D eigenvalue weighted by atomic mass is 10.1. The van der Waals surface area contributed by atoms with Crippen molar-refractivity contribution < 1.29 is 19.1 Å². The van der Waals surface area contributed by atoms with Gasteiger partial charge in [0.2, 0.25) is 18.6 Å². The summed E-state index contributed by atoms with van der Waals surface area (Å²) in [6.45, 7) is 2.13. The van der Waals surface area contributed by atoms with Crippen LogP contribution in [0, 0.1) is 0 Å². The molecule has 2 aromatic rings. The van der Waals surface area contributed by atoms with Gasteiger partial charge in [-0.3, -0.25) is 9.59 Å². The van der Waals surface area contributed by atoms with E-state index in [9.17, 15) is 9.59 Å². The van der Waals surface area contributed by atoms with E-state index in [4.69, 9.17) is 32.7 Å². The van der Waals surface area contributed by atoms with Crippen molar-refractivity contribution in [1.82, 2.24) is 10.2 Å². The van der Waals surface area contributed by atoms with E-state index in [1.165, 1.54) is 0 Å². The van der Waals surface area contributed by atoms with Crippen LogP contribution in [0.3, 0.4) is 0 Å². The summed E-state index contributed by atoms with van der Waals surface area (Å²) < 4.78 is 10.8. The molecule has 2 amide bonds. The molecule has 1 aliphatic heterocycles. The van der Waals surface area contributed by atoms with Gasteiger partial charge >= 0.3 is 0 Å². The summed E-state index contributed by atoms with van der Waals surface area (Å²) in [5.41, 5.74) is 1.60. The molecule has 1 aliphatic carbocycles. The first-order valence-electron chi connectivity index (χ1n) is 11.3. The third-order valence-corrected chi connectivity index (χ3v) is 7.03. The number of carbonyl (C=O) groups is 2. The highest BCUT2D eigenvalue weighted by Crippen LogP contribution is 2.33. The second kappa shape index (κ2) is 10.7. The van der Waals surface area contributed by atoms with Crippen LogP contribution in [0.2, 0.25) is 10.0 Å². The SMILES string of the molecule is CC(C(=O)NC1CCCC1)N(Cc1c(Cl)cccc1Cl)C(=O)CCc1ccc2c(c1)OCO2. The third-order valence-electron chi connectivity index (χ3n) is 6.32. The summed E-state index contributed by atoms with van der Waals surface area (Å²) in [6, 6.07) is 10.4. The number of aryl methyl sites for hydroxylation is 1. The standard InChI is InChI=1S/C25H28Cl2N2O4/c1-16(25(31)28-18-5-2-3-6-18)29(14-19-20(26)7-4-8-21(19)27)24(30)12-10-17-9-11-22-23(13-17)33-15-32-22/h4,7-9,11,13,16,18H,2-3,5-6,10,12,14-15H2,1H3,(H,28,31). The molecule has 0 radical (unpaired) electrons. The number of hydrogen-bond acceptors (Lipinski definition) is 4. The number of carbonyl (C=O) groups excluding carboxylic acids is 2. The number of nitrogens with one attached hydrogen (secondary N) is 1. The van der Waals surface area contributed by atoms with Crippen LogP contribution in [0.4, 0.5) is 0 Å². The molecule has 33 heavy (non-hydrogen) atoms. The van der Waals surface area contributed by atoms with Gasteiger partial charge in [0.1, 0.15) is 6.04 Å². The molecule has 8 heteroatoms. The second-order valence-corrected chi connectivity index (χ2v) is 9.39. The van der Waals surface area contributed by atoms with Gasteiger partial charge in [0, 0.05) is 34.6 Å². The van der Waals surface area contributed by atoms with Gasteiger partial charge in [-0.2, -0.15) is 0 Å². The number of rotatable bonds is 8. The molecule has 2 aromatic carbocycles. The van der Waals surface area contributed by atoms with E-state index in [1.807, 2.05) is 18.2 Å². The predicted molar refractivity (Wildman–Crippen MR) is 128 cm³/mol. The van der Waals surface area contributed by atoms with E-state index < -0.39 is 6.04 Å². The van der Waals surface area contributed by atoms with Crippen LogP contribution in [0.25, 0.3) is 0 Å². The molecule has 1 atom stereocenters. The number of fused-ring (bicyclic) bond motifs is 1. The van der Waals surface area contributed by atoms with Crippen LogP contribution in [0.5, 0.6) is 11.5 Å². The molecule has 176 valence electrons. The Morgan fingerprint density at radius 2 is 1.79 bits per heavy atom. The van der Waals surface area contributed by atoms with Crippen molar-refractivity contribution in [3.8, 4) is 11.5 Å². The molecule has 1 fully saturated rings. The Hall–Kier alpha value is -2.44. The van der Waals surface area contributed by atoms with Gasteiger partial charge in [0.25, 0.3) is 0 Å². The zero-order valence-electron chi connectivity index (χ0n) is 18.6. The van der Waals surface area contributed by atoms with Gasteiger partial charge in [-0.15, -0.1) is 0 Å². The molecule has 1 saturated carbocycles. The first kappa shape index (κ1) is 23.7. The Labute approximate surface area is 204 Å². The van der Waals surface area contributed by atoms with Gasteiger partial charge in [0.05, 0.1) is 0 Å². The normalized spacial score (nSPS) is 16.0. The average Bonchev–Trinajstić information content (AvgIpc) is 3.48. The predicted octanol–water partition coefficient (Wildman–Crippen LogP) is 5.13. The van der Waals surface area contributed by atoms with Crippen molar-refractivity contribution in [2.75, 3.05) is 6.79 Å². The fourth-order valence-corrected chi connectivity index (χ4v) is 4.84. The summed E-state index contributed by atoms with van der Waals surface area (Å²) in [7, 11) is 0. The number of hydrogen-bond donors (Lipinski definition) is 1. The van der Waals surface area contributed by atoms with Crippen molar-refractivity contribution >= 4 is 35.0 Å². The van der Waals surface area contributed by atoms with Crippen molar-refractivity contribution in [3.63, 3.8) is 0 Å². The molecule has 2 aliphatic rings. The van der Waals surface area contributed by atoms with Crippen molar-refractivity contribution in [3.05, 3.63) is 57.6 Å². The highest BCUT2D eigenvalue weighted by molar-refractivity contribution is 6.36. The summed E-state index contributed by atoms with van der Waals surface area (Å²) in [5.74, 6) is 1.10. The fourth-order valence-electron chi connectivity index (χ4n) is 4.32. The molecule has 0 spiro atoms. The Morgan fingerprint density at radius 1 is 1.09 bits per heavy atom. The first-order valence-corrected chi connectivity index (χ1v) is 12.1. The van der Waals surface area contributed by atoms with E-state index in [0.717, 1.165) is 31.2 Å². The highest BCUT2D eigenvalue weighted by atomic mass is 35.5.